The number of benzene rings is 1. The molecule has 0 unspecified atom stereocenters. The molecular formula is C19H20N4O. The summed E-state index contributed by atoms with van der Waals surface area (Å²) in [6, 6.07) is 12.2. The number of rotatable bonds is 6. The van der Waals surface area contributed by atoms with Crippen molar-refractivity contribution in [1.29, 1.82) is 0 Å². The number of carbonyl (C=O) groups excluding carboxylic acids is 1. The summed E-state index contributed by atoms with van der Waals surface area (Å²) < 4.78 is 1.84. The summed E-state index contributed by atoms with van der Waals surface area (Å²) in [6.07, 6.45) is 8.27. The Labute approximate surface area is 141 Å². The third-order valence-electron chi connectivity index (χ3n) is 3.83. The van der Waals surface area contributed by atoms with Crippen molar-refractivity contribution < 1.29 is 4.79 Å². The van der Waals surface area contributed by atoms with Crippen LogP contribution in [-0.2, 0) is 17.8 Å². The number of nitrogens with zero attached hydrogens (tertiary/aromatic N) is 3. The lowest BCUT2D eigenvalue weighted by atomic mass is 10.1. The molecule has 2 heterocycles. The van der Waals surface area contributed by atoms with Crippen LogP contribution in [0.2, 0.25) is 0 Å². The smallest absolute Gasteiger partial charge is 0.220 e. The van der Waals surface area contributed by atoms with Crippen molar-refractivity contribution in [3.05, 3.63) is 78.0 Å². The summed E-state index contributed by atoms with van der Waals surface area (Å²) >= 11 is 0. The number of aromatic nitrogens is 3. The van der Waals surface area contributed by atoms with Crippen LogP contribution in [0.15, 0.2) is 61.3 Å². The molecule has 122 valence electrons. The fourth-order valence-electron chi connectivity index (χ4n) is 2.37. The van der Waals surface area contributed by atoms with E-state index < -0.39 is 0 Å². The van der Waals surface area contributed by atoms with Gasteiger partial charge in [-0.05, 0) is 30.5 Å². The van der Waals surface area contributed by atoms with Crippen LogP contribution < -0.4 is 5.32 Å². The van der Waals surface area contributed by atoms with E-state index in [1.165, 1.54) is 11.1 Å². The average Bonchev–Trinajstić information content (AvgIpc) is 3.14. The monoisotopic (exact) mass is 320 g/mol. The van der Waals surface area contributed by atoms with Gasteiger partial charge in [0.2, 0.25) is 5.91 Å². The number of imidazole rings is 1. The van der Waals surface area contributed by atoms with E-state index in [2.05, 4.69) is 46.5 Å². The molecule has 2 aromatic heterocycles. The molecule has 0 spiro atoms. The van der Waals surface area contributed by atoms with Gasteiger partial charge in [-0.15, -0.1) is 0 Å². The van der Waals surface area contributed by atoms with E-state index in [1.54, 1.807) is 18.7 Å². The van der Waals surface area contributed by atoms with Crippen LogP contribution in [0.5, 0.6) is 0 Å². The zero-order chi connectivity index (χ0) is 16.8. The number of amides is 1. The Balaban J connectivity index is 1.46. The van der Waals surface area contributed by atoms with Gasteiger partial charge in [0.15, 0.2) is 0 Å². The molecule has 0 aliphatic heterocycles. The Morgan fingerprint density at radius 1 is 1.12 bits per heavy atom. The van der Waals surface area contributed by atoms with Crippen molar-refractivity contribution in [3.8, 4) is 5.82 Å². The number of carbonyl (C=O) groups is 1. The Bertz CT molecular complexity index is 777. The van der Waals surface area contributed by atoms with Crippen LogP contribution in [-0.4, -0.2) is 20.4 Å². The Morgan fingerprint density at radius 3 is 2.58 bits per heavy atom. The molecule has 0 atom stereocenters. The average molecular weight is 320 g/mol. The molecule has 0 fully saturated rings. The highest BCUT2D eigenvalue weighted by Gasteiger charge is 2.03. The van der Waals surface area contributed by atoms with Gasteiger partial charge in [0.25, 0.3) is 0 Å². The Hall–Kier alpha value is -2.95. The van der Waals surface area contributed by atoms with Crippen molar-refractivity contribution >= 4 is 5.91 Å². The van der Waals surface area contributed by atoms with E-state index in [-0.39, 0.29) is 5.91 Å². The number of hydrogen-bond acceptors (Lipinski definition) is 3. The van der Waals surface area contributed by atoms with Gasteiger partial charge in [-0.25, -0.2) is 9.97 Å². The van der Waals surface area contributed by atoms with Crippen LogP contribution in [0.25, 0.3) is 5.82 Å². The molecule has 3 aromatic rings. The molecule has 24 heavy (non-hydrogen) atoms. The molecule has 0 bridgehead atoms. The Kier molecular flexibility index (Phi) is 5.01. The molecule has 1 aromatic carbocycles. The number of nitrogens with one attached hydrogen (secondary N) is 1. The zero-order valence-electron chi connectivity index (χ0n) is 13.6. The summed E-state index contributed by atoms with van der Waals surface area (Å²) in [4.78, 5) is 20.3. The van der Waals surface area contributed by atoms with Crippen molar-refractivity contribution in [2.24, 2.45) is 0 Å². The first kappa shape index (κ1) is 15.9. The highest BCUT2D eigenvalue weighted by molar-refractivity contribution is 5.76. The summed E-state index contributed by atoms with van der Waals surface area (Å²) in [7, 11) is 0. The van der Waals surface area contributed by atoms with Gasteiger partial charge in [0, 0.05) is 31.6 Å². The van der Waals surface area contributed by atoms with Crippen LogP contribution in [0, 0.1) is 6.92 Å². The standard InChI is InChI=1S/C19H20N4O/c1-15-2-4-16(5-3-15)7-9-19(24)22-13-17-6-8-18(21-12-17)23-11-10-20-14-23/h2-6,8,10-12,14H,7,9,13H2,1H3,(H,22,24). The fourth-order valence-corrected chi connectivity index (χ4v) is 2.37. The van der Waals surface area contributed by atoms with E-state index in [0.717, 1.165) is 17.8 Å². The van der Waals surface area contributed by atoms with E-state index in [9.17, 15) is 4.79 Å². The van der Waals surface area contributed by atoms with Crippen LogP contribution >= 0.6 is 0 Å². The highest BCUT2D eigenvalue weighted by atomic mass is 16.1. The normalized spacial score (nSPS) is 10.5. The molecule has 0 aliphatic rings. The summed E-state index contributed by atoms with van der Waals surface area (Å²) in [5.41, 5.74) is 3.39. The molecular weight excluding hydrogens is 300 g/mol. The van der Waals surface area contributed by atoms with Gasteiger partial charge >= 0.3 is 0 Å². The number of hydrogen-bond donors (Lipinski definition) is 1. The minimum atomic E-state index is 0.0502. The van der Waals surface area contributed by atoms with Crippen LogP contribution in [0.4, 0.5) is 0 Å². The molecule has 5 nitrogen and oxygen atoms in total. The van der Waals surface area contributed by atoms with Gasteiger partial charge in [0.1, 0.15) is 12.1 Å². The van der Waals surface area contributed by atoms with Gasteiger partial charge in [-0.2, -0.15) is 0 Å². The highest BCUT2D eigenvalue weighted by Crippen LogP contribution is 2.07. The molecule has 3 rings (SSSR count). The second-order valence-corrected chi connectivity index (χ2v) is 5.76. The predicted octanol–water partition coefficient (Wildman–Crippen LogP) is 2.82. The molecule has 1 amide bonds. The Morgan fingerprint density at radius 2 is 1.92 bits per heavy atom. The number of pyridine rings is 1. The van der Waals surface area contributed by atoms with E-state index >= 15 is 0 Å². The first-order chi connectivity index (χ1) is 11.7. The maximum atomic E-state index is 12.0. The third kappa shape index (κ3) is 4.29. The lowest BCUT2D eigenvalue weighted by Crippen LogP contribution is -2.23. The quantitative estimate of drug-likeness (QED) is 0.760. The SMILES string of the molecule is Cc1ccc(CCC(=O)NCc2ccc(-n3ccnc3)nc2)cc1. The second kappa shape index (κ2) is 7.55. The van der Waals surface area contributed by atoms with Gasteiger partial charge in [-0.1, -0.05) is 35.9 Å². The first-order valence-corrected chi connectivity index (χ1v) is 7.96. The zero-order valence-corrected chi connectivity index (χ0v) is 13.6. The molecule has 1 N–H and O–H groups in total. The topological polar surface area (TPSA) is 59.8 Å². The third-order valence-corrected chi connectivity index (χ3v) is 3.83. The minimum absolute atomic E-state index is 0.0502. The minimum Gasteiger partial charge on any atom is -0.352 e. The lowest BCUT2D eigenvalue weighted by Gasteiger charge is -2.07. The molecule has 0 aliphatic carbocycles. The maximum absolute atomic E-state index is 12.0. The van der Waals surface area contributed by atoms with Crippen LogP contribution in [0.1, 0.15) is 23.1 Å². The molecule has 0 saturated heterocycles. The first-order valence-electron chi connectivity index (χ1n) is 7.96. The number of aryl methyl sites for hydroxylation is 2. The lowest BCUT2D eigenvalue weighted by molar-refractivity contribution is -0.121. The van der Waals surface area contributed by atoms with Crippen LogP contribution in [0.3, 0.4) is 0 Å². The van der Waals surface area contributed by atoms with E-state index in [4.69, 9.17) is 0 Å². The van der Waals surface area contributed by atoms with Crippen molar-refractivity contribution in [3.63, 3.8) is 0 Å². The molecule has 5 heteroatoms. The second-order valence-electron chi connectivity index (χ2n) is 5.76. The summed E-state index contributed by atoms with van der Waals surface area (Å²) in [6.45, 7) is 2.55. The van der Waals surface area contributed by atoms with Gasteiger partial charge in [-0.3, -0.25) is 9.36 Å². The van der Waals surface area contributed by atoms with Crippen molar-refractivity contribution in [1.82, 2.24) is 19.9 Å². The summed E-state index contributed by atoms with van der Waals surface area (Å²) in [5, 5.41) is 2.94. The van der Waals surface area contributed by atoms with Gasteiger partial charge < -0.3 is 5.32 Å². The maximum Gasteiger partial charge on any atom is 0.220 e. The fraction of sp³-hybridized carbons (Fsp3) is 0.211. The largest absolute Gasteiger partial charge is 0.352 e. The van der Waals surface area contributed by atoms with E-state index in [1.807, 2.05) is 22.9 Å². The van der Waals surface area contributed by atoms with Crippen molar-refractivity contribution in [2.45, 2.75) is 26.3 Å². The van der Waals surface area contributed by atoms with Crippen molar-refractivity contribution in [2.75, 3.05) is 0 Å². The summed E-state index contributed by atoms with van der Waals surface area (Å²) in [5.74, 6) is 0.858. The molecule has 0 radical (unpaired) electrons. The van der Waals surface area contributed by atoms with Gasteiger partial charge in [0.05, 0.1) is 0 Å². The molecule has 0 saturated carbocycles. The van der Waals surface area contributed by atoms with E-state index in [0.29, 0.717) is 13.0 Å². The predicted molar refractivity (Wildman–Crippen MR) is 92.7 cm³/mol.